The summed E-state index contributed by atoms with van der Waals surface area (Å²) < 4.78 is 0. The van der Waals surface area contributed by atoms with Crippen molar-refractivity contribution in [1.29, 1.82) is 0 Å². The Kier molecular flexibility index (Phi) is 3.17. The van der Waals surface area contributed by atoms with Crippen molar-refractivity contribution in [3.63, 3.8) is 0 Å². The van der Waals surface area contributed by atoms with Gasteiger partial charge in [-0.25, -0.2) is 5.48 Å². The smallest absolute Gasteiger partial charge is 0.254 e. The zero-order chi connectivity index (χ0) is 11.6. The highest BCUT2D eigenvalue weighted by Gasteiger charge is 2.43. The number of benzene rings is 1. The van der Waals surface area contributed by atoms with E-state index in [1.165, 1.54) is 0 Å². The van der Waals surface area contributed by atoms with Gasteiger partial charge in [-0.2, -0.15) is 0 Å². The molecule has 1 amide bonds. The molecule has 1 aromatic carbocycles. The van der Waals surface area contributed by atoms with Crippen molar-refractivity contribution in [1.82, 2.24) is 5.48 Å². The fourth-order valence-corrected chi connectivity index (χ4v) is 2.87. The molecule has 0 aliphatic heterocycles. The summed E-state index contributed by atoms with van der Waals surface area (Å²) in [6.45, 7) is 0. The highest BCUT2D eigenvalue weighted by molar-refractivity contribution is 6.31. The number of amides is 1. The van der Waals surface area contributed by atoms with Gasteiger partial charge in [-0.05, 0) is 24.5 Å². The van der Waals surface area contributed by atoms with Gasteiger partial charge in [0.2, 0.25) is 0 Å². The lowest BCUT2D eigenvalue weighted by atomic mass is 9.78. The molecule has 1 aliphatic carbocycles. The van der Waals surface area contributed by atoms with Gasteiger partial charge in [0.05, 0.1) is 5.41 Å². The Balaban J connectivity index is 2.48. The molecule has 0 unspecified atom stereocenters. The molecule has 1 fully saturated rings. The van der Waals surface area contributed by atoms with Crippen LogP contribution in [0, 0.1) is 0 Å². The zero-order valence-electron chi connectivity index (χ0n) is 8.87. The molecule has 0 atom stereocenters. The van der Waals surface area contributed by atoms with Crippen molar-refractivity contribution in [2.45, 2.75) is 31.1 Å². The van der Waals surface area contributed by atoms with E-state index in [4.69, 9.17) is 16.8 Å². The second-order valence-electron chi connectivity index (χ2n) is 4.21. The van der Waals surface area contributed by atoms with Crippen molar-refractivity contribution in [3.8, 4) is 0 Å². The summed E-state index contributed by atoms with van der Waals surface area (Å²) in [5.41, 5.74) is 1.95. The first kappa shape index (κ1) is 11.4. The van der Waals surface area contributed by atoms with Crippen LogP contribution in [-0.4, -0.2) is 11.1 Å². The summed E-state index contributed by atoms with van der Waals surface area (Å²) in [6, 6.07) is 7.35. The van der Waals surface area contributed by atoms with Crippen LogP contribution in [0.1, 0.15) is 31.2 Å². The molecule has 86 valence electrons. The third-order valence-corrected chi connectivity index (χ3v) is 3.71. The van der Waals surface area contributed by atoms with E-state index in [1.54, 1.807) is 11.5 Å². The van der Waals surface area contributed by atoms with Crippen LogP contribution in [0.4, 0.5) is 0 Å². The summed E-state index contributed by atoms with van der Waals surface area (Å²) in [5, 5.41) is 9.46. The maximum absolute atomic E-state index is 11.9. The Morgan fingerprint density at radius 1 is 1.31 bits per heavy atom. The predicted molar refractivity (Wildman–Crippen MR) is 61.5 cm³/mol. The number of carbonyl (C=O) groups excluding carboxylic acids is 1. The Morgan fingerprint density at radius 3 is 2.50 bits per heavy atom. The lowest BCUT2D eigenvalue weighted by Gasteiger charge is -2.27. The number of carbonyl (C=O) groups is 1. The minimum atomic E-state index is -0.646. The normalized spacial score (nSPS) is 18.4. The fraction of sp³-hybridized carbons (Fsp3) is 0.417. The van der Waals surface area contributed by atoms with Crippen molar-refractivity contribution < 1.29 is 10.0 Å². The molecule has 0 heterocycles. The van der Waals surface area contributed by atoms with E-state index in [1.807, 2.05) is 18.2 Å². The van der Waals surface area contributed by atoms with E-state index in [0.717, 1.165) is 31.2 Å². The first-order valence-corrected chi connectivity index (χ1v) is 5.78. The van der Waals surface area contributed by atoms with Crippen LogP contribution < -0.4 is 5.48 Å². The number of nitrogens with one attached hydrogen (secondary N) is 1. The van der Waals surface area contributed by atoms with E-state index >= 15 is 0 Å². The first-order chi connectivity index (χ1) is 7.70. The molecular formula is C12H14ClNO2. The van der Waals surface area contributed by atoms with Gasteiger partial charge in [0.15, 0.2) is 0 Å². The molecule has 1 saturated carbocycles. The van der Waals surface area contributed by atoms with E-state index in [0.29, 0.717) is 5.02 Å². The van der Waals surface area contributed by atoms with Gasteiger partial charge in [0, 0.05) is 5.02 Å². The minimum absolute atomic E-state index is 0.349. The Bertz CT molecular complexity index is 400. The van der Waals surface area contributed by atoms with Gasteiger partial charge in [-0.3, -0.25) is 10.0 Å². The van der Waals surface area contributed by atoms with Crippen LogP contribution >= 0.6 is 11.6 Å². The van der Waals surface area contributed by atoms with Crippen LogP contribution in [-0.2, 0) is 10.2 Å². The molecule has 1 aromatic rings. The number of hydrogen-bond acceptors (Lipinski definition) is 2. The van der Waals surface area contributed by atoms with Crippen LogP contribution in [0.5, 0.6) is 0 Å². The maximum Gasteiger partial charge on any atom is 0.254 e. The average Bonchev–Trinajstić information content (AvgIpc) is 2.79. The third-order valence-electron chi connectivity index (χ3n) is 3.38. The highest BCUT2D eigenvalue weighted by atomic mass is 35.5. The van der Waals surface area contributed by atoms with Crippen molar-refractivity contribution in [2.75, 3.05) is 0 Å². The quantitative estimate of drug-likeness (QED) is 0.616. The van der Waals surface area contributed by atoms with Gasteiger partial charge >= 0.3 is 0 Å². The molecule has 2 N–H and O–H groups in total. The number of hydrogen-bond donors (Lipinski definition) is 2. The van der Waals surface area contributed by atoms with Crippen LogP contribution in [0.25, 0.3) is 0 Å². The molecule has 0 saturated heterocycles. The molecule has 0 bridgehead atoms. The van der Waals surface area contributed by atoms with Gasteiger partial charge in [0.1, 0.15) is 0 Å². The number of rotatable bonds is 2. The van der Waals surface area contributed by atoms with Gasteiger partial charge in [-0.15, -0.1) is 0 Å². The molecule has 1 aliphatic rings. The van der Waals surface area contributed by atoms with E-state index < -0.39 is 5.41 Å². The van der Waals surface area contributed by atoms with Gasteiger partial charge in [-0.1, -0.05) is 42.6 Å². The molecule has 2 rings (SSSR count). The SMILES string of the molecule is O=C(NO)C1(c2ccccc2Cl)CCCC1. The van der Waals surface area contributed by atoms with Gasteiger partial charge in [0.25, 0.3) is 5.91 Å². The molecular weight excluding hydrogens is 226 g/mol. The summed E-state index contributed by atoms with van der Waals surface area (Å²) in [5.74, 6) is -0.349. The summed E-state index contributed by atoms with van der Waals surface area (Å²) in [6.07, 6.45) is 3.45. The molecule has 16 heavy (non-hydrogen) atoms. The Labute approximate surface area is 99.4 Å². The first-order valence-electron chi connectivity index (χ1n) is 5.40. The van der Waals surface area contributed by atoms with E-state index in [-0.39, 0.29) is 5.91 Å². The van der Waals surface area contributed by atoms with E-state index in [2.05, 4.69) is 0 Å². The van der Waals surface area contributed by atoms with Crippen LogP contribution in [0.3, 0.4) is 0 Å². The largest absolute Gasteiger partial charge is 0.289 e. The second kappa shape index (κ2) is 4.44. The monoisotopic (exact) mass is 239 g/mol. The van der Waals surface area contributed by atoms with Crippen molar-refractivity contribution in [3.05, 3.63) is 34.9 Å². The zero-order valence-corrected chi connectivity index (χ0v) is 9.63. The second-order valence-corrected chi connectivity index (χ2v) is 4.62. The Morgan fingerprint density at radius 2 is 1.94 bits per heavy atom. The molecule has 3 nitrogen and oxygen atoms in total. The standard InChI is InChI=1S/C12H14ClNO2/c13-10-6-2-1-5-9(10)12(11(15)14-16)7-3-4-8-12/h1-2,5-6,16H,3-4,7-8H2,(H,14,15). The lowest BCUT2D eigenvalue weighted by molar-refractivity contribution is -0.135. The van der Waals surface area contributed by atoms with Crippen molar-refractivity contribution >= 4 is 17.5 Å². The van der Waals surface area contributed by atoms with Gasteiger partial charge < -0.3 is 0 Å². The number of halogens is 1. The average molecular weight is 240 g/mol. The molecule has 0 radical (unpaired) electrons. The summed E-state index contributed by atoms with van der Waals surface area (Å²) >= 11 is 6.13. The number of hydroxylamine groups is 1. The topological polar surface area (TPSA) is 49.3 Å². The van der Waals surface area contributed by atoms with Crippen LogP contribution in [0.2, 0.25) is 5.02 Å². The predicted octanol–water partition coefficient (Wildman–Crippen LogP) is 2.66. The third kappa shape index (κ3) is 1.70. The Hall–Kier alpha value is -1.06. The highest BCUT2D eigenvalue weighted by Crippen LogP contribution is 2.43. The fourth-order valence-electron chi connectivity index (χ4n) is 2.55. The van der Waals surface area contributed by atoms with Crippen LogP contribution in [0.15, 0.2) is 24.3 Å². The summed E-state index contributed by atoms with van der Waals surface area (Å²) in [7, 11) is 0. The van der Waals surface area contributed by atoms with E-state index in [9.17, 15) is 4.79 Å². The minimum Gasteiger partial charge on any atom is -0.289 e. The molecule has 4 heteroatoms. The summed E-state index contributed by atoms with van der Waals surface area (Å²) in [4.78, 5) is 11.9. The molecule has 0 aromatic heterocycles. The maximum atomic E-state index is 11.9. The molecule has 0 spiro atoms. The lowest BCUT2D eigenvalue weighted by Crippen LogP contribution is -2.41. The van der Waals surface area contributed by atoms with Crippen molar-refractivity contribution in [2.24, 2.45) is 0 Å².